The van der Waals surface area contributed by atoms with Crippen LogP contribution in [-0.4, -0.2) is 30.4 Å². The van der Waals surface area contributed by atoms with Crippen molar-refractivity contribution < 1.29 is 27.5 Å². The summed E-state index contributed by atoms with van der Waals surface area (Å²) in [6.45, 7) is 1.97. The van der Waals surface area contributed by atoms with Gasteiger partial charge in [0.15, 0.2) is 0 Å². The summed E-state index contributed by atoms with van der Waals surface area (Å²) >= 11 is 0. The molecular formula is C18H19F3N2O3. The van der Waals surface area contributed by atoms with Crippen LogP contribution in [-0.2, 0) is 21.2 Å². The molecule has 8 heteroatoms. The van der Waals surface area contributed by atoms with E-state index in [0.717, 1.165) is 6.07 Å². The van der Waals surface area contributed by atoms with E-state index in [1.54, 1.807) is 0 Å². The first-order chi connectivity index (χ1) is 12.2. The molecule has 26 heavy (non-hydrogen) atoms. The maximum absolute atomic E-state index is 13.6. The van der Waals surface area contributed by atoms with Crippen LogP contribution in [0.2, 0.25) is 0 Å². The molecule has 0 unspecified atom stereocenters. The second kappa shape index (κ2) is 5.70. The molecule has 1 amide bonds. The predicted octanol–water partition coefficient (Wildman–Crippen LogP) is 2.78. The van der Waals surface area contributed by atoms with Crippen molar-refractivity contribution >= 4 is 17.4 Å². The predicted molar refractivity (Wildman–Crippen MR) is 87.1 cm³/mol. The van der Waals surface area contributed by atoms with Crippen molar-refractivity contribution in [1.29, 1.82) is 0 Å². The maximum atomic E-state index is 13.6. The molecule has 1 aromatic rings. The van der Waals surface area contributed by atoms with Crippen LogP contribution in [0.4, 0.5) is 18.9 Å². The molecule has 0 bridgehead atoms. The number of rotatable bonds is 3. The lowest BCUT2D eigenvalue weighted by Crippen LogP contribution is -2.47. The first-order valence-electron chi connectivity index (χ1n) is 8.67. The minimum Gasteiger partial charge on any atom is -0.492 e. The van der Waals surface area contributed by atoms with Crippen molar-refractivity contribution in [3.63, 3.8) is 0 Å². The number of hydrogen-bond acceptors (Lipinski definition) is 4. The number of hydrogen-bond donors (Lipinski definition) is 2. The van der Waals surface area contributed by atoms with Crippen LogP contribution in [0.3, 0.4) is 0 Å². The lowest BCUT2D eigenvalue weighted by atomic mass is 9.92. The molecular weight excluding hydrogens is 349 g/mol. The lowest BCUT2D eigenvalue weighted by Gasteiger charge is -2.28. The standard InChI is InChI=1S/C18H19F3N2O3/c1-9-4-11(24)5-10(22-9)8-26-12-6-13(18(19,20)21)15-14(7-12)23-16(25)17(15)2-3-17/h6-7,9-10,22H,2-5,8H2,1H3,(H,23,25)/t9-,10-/m0/s1. The Kier molecular flexibility index (Phi) is 3.80. The Labute approximate surface area is 148 Å². The molecule has 1 saturated heterocycles. The maximum Gasteiger partial charge on any atom is 0.416 e. The molecule has 2 heterocycles. The van der Waals surface area contributed by atoms with E-state index in [1.807, 2.05) is 6.92 Å². The average Bonchev–Trinajstić information content (AvgIpc) is 3.27. The molecule has 2 atom stereocenters. The second-order valence-corrected chi connectivity index (χ2v) is 7.45. The number of alkyl halides is 3. The first kappa shape index (κ1) is 17.3. The van der Waals surface area contributed by atoms with Crippen molar-refractivity contribution in [2.24, 2.45) is 0 Å². The van der Waals surface area contributed by atoms with E-state index in [-0.39, 0.29) is 47.4 Å². The van der Waals surface area contributed by atoms with Crippen LogP contribution < -0.4 is 15.4 Å². The van der Waals surface area contributed by atoms with Crippen LogP contribution in [0.15, 0.2) is 12.1 Å². The van der Waals surface area contributed by atoms with Crippen LogP contribution in [0.25, 0.3) is 0 Å². The fraction of sp³-hybridized carbons (Fsp3) is 0.556. The highest BCUT2D eigenvalue weighted by Gasteiger charge is 2.59. The minimum absolute atomic E-state index is 0.0182. The van der Waals surface area contributed by atoms with Gasteiger partial charge in [-0.3, -0.25) is 9.59 Å². The van der Waals surface area contributed by atoms with Crippen molar-refractivity contribution in [1.82, 2.24) is 5.32 Å². The molecule has 1 spiro atoms. The van der Waals surface area contributed by atoms with Crippen molar-refractivity contribution in [3.8, 4) is 5.75 Å². The van der Waals surface area contributed by atoms with Gasteiger partial charge < -0.3 is 15.4 Å². The summed E-state index contributed by atoms with van der Waals surface area (Å²) in [6, 6.07) is 2.19. The van der Waals surface area contributed by atoms with Crippen LogP contribution in [0, 0.1) is 0 Å². The molecule has 3 aliphatic rings. The number of fused-ring (bicyclic) bond motifs is 2. The number of ketones is 1. The number of carbonyl (C=O) groups is 2. The van der Waals surface area contributed by atoms with Gasteiger partial charge in [0.05, 0.1) is 11.0 Å². The van der Waals surface area contributed by atoms with E-state index in [1.165, 1.54) is 6.07 Å². The normalized spacial score (nSPS) is 26.6. The van der Waals surface area contributed by atoms with E-state index >= 15 is 0 Å². The van der Waals surface area contributed by atoms with E-state index in [2.05, 4.69) is 10.6 Å². The molecule has 1 saturated carbocycles. The van der Waals surface area contributed by atoms with Crippen LogP contribution >= 0.6 is 0 Å². The smallest absolute Gasteiger partial charge is 0.416 e. The summed E-state index contributed by atoms with van der Waals surface area (Å²) in [5.74, 6) is -0.220. The molecule has 5 nitrogen and oxygen atoms in total. The molecule has 1 aromatic carbocycles. The highest BCUT2D eigenvalue weighted by molar-refractivity contribution is 6.09. The Morgan fingerprint density at radius 2 is 1.96 bits per heavy atom. The Morgan fingerprint density at radius 1 is 1.23 bits per heavy atom. The van der Waals surface area contributed by atoms with Crippen molar-refractivity contribution in [2.75, 3.05) is 11.9 Å². The summed E-state index contributed by atoms with van der Waals surface area (Å²) in [5.41, 5.74) is -1.62. The van der Waals surface area contributed by atoms with Gasteiger partial charge in [-0.2, -0.15) is 13.2 Å². The number of Topliss-reactive ketones (excluding diaryl/α,β-unsaturated/α-hetero) is 1. The van der Waals surface area contributed by atoms with Gasteiger partial charge in [0.25, 0.3) is 0 Å². The Morgan fingerprint density at radius 3 is 2.58 bits per heavy atom. The number of halogens is 3. The molecule has 4 rings (SSSR count). The molecule has 2 N–H and O–H groups in total. The number of anilines is 1. The largest absolute Gasteiger partial charge is 0.492 e. The van der Waals surface area contributed by atoms with Gasteiger partial charge in [-0.05, 0) is 25.8 Å². The van der Waals surface area contributed by atoms with Gasteiger partial charge in [-0.1, -0.05) is 0 Å². The third-order valence-corrected chi connectivity index (χ3v) is 5.31. The van der Waals surface area contributed by atoms with Gasteiger partial charge >= 0.3 is 6.18 Å². The molecule has 0 radical (unpaired) electrons. The Bertz CT molecular complexity index is 787. The van der Waals surface area contributed by atoms with E-state index in [0.29, 0.717) is 25.7 Å². The SMILES string of the molecule is C[C@H]1CC(=O)C[C@@H](COc2cc3c(c(C(F)(F)F)c2)C2(CC2)C(=O)N3)N1. The van der Waals surface area contributed by atoms with Gasteiger partial charge in [0.1, 0.15) is 18.1 Å². The summed E-state index contributed by atoms with van der Waals surface area (Å²) in [6.07, 6.45) is -2.97. The fourth-order valence-electron chi connectivity index (χ4n) is 4.02. The van der Waals surface area contributed by atoms with Gasteiger partial charge in [0.2, 0.25) is 5.91 Å². The van der Waals surface area contributed by atoms with Crippen molar-refractivity contribution in [2.45, 2.75) is 56.3 Å². The van der Waals surface area contributed by atoms with E-state index < -0.39 is 17.2 Å². The quantitative estimate of drug-likeness (QED) is 0.861. The molecule has 0 aromatic heterocycles. The highest BCUT2D eigenvalue weighted by atomic mass is 19.4. The zero-order valence-electron chi connectivity index (χ0n) is 14.2. The molecule has 1 aliphatic carbocycles. The Balaban J connectivity index is 1.60. The third kappa shape index (κ3) is 2.86. The summed E-state index contributed by atoms with van der Waals surface area (Å²) in [4.78, 5) is 23.8. The number of amides is 1. The van der Waals surface area contributed by atoms with Gasteiger partial charge in [-0.25, -0.2) is 0 Å². The first-order valence-corrected chi connectivity index (χ1v) is 8.67. The number of benzene rings is 1. The number of nitrogens with one attached hydrogen (secondary N) is 2. The minimum atomic E-state index is -4.57. The van der Waals surface area contributed by atoms with Gasteiger partial charge in [0, 0.05) is 42.2 Å². The summed E-state index contributed by atoms with van der Waals surface area (Å²) in [7, 11) is 0. The second-order valence-electron chi connectivity index (χ2n) is 7.45. The Hall–Kier alpha value is -2.09. The monoisotopic (exact) mass is 368 g/mol. The molecule has 2 fully saturated rings. The summed E-state index contributed by atoms with van der Waals surface area (Å²) in [5, 5.41) is 5.77. The van der Waals surface area contributed by atoms with Crippen LogP contribution in [0.1, 0.15) is 43.7 Å². The average molecular weight is 368 g/mol. The van der Waals surface area contributed by atoms with E-state index in [4.69, 9.17) is 4.74 Å². The number of ether oxygens (including phenoxy) is 1. The van der Waals surface area contributed by atoms with Crippen LogP contribution in [0.5, 0.6) is 5.75 Å². The number of piperidine rings is 1. The van der Waals surface area contributed by atoms with Gasteiger partial charge in [-0.15, -0.1) is 0 Å². The summed E-state index contributed by atoms with van der Waals surface area (Å²) < 4.78 is 46.3. The van der Waals surface area contributed by atoms with E-state index in [9.17, 15) is 22.8 Å². The molecule has 2 aliphatic heterocycles. The van der Waals surface area contributed by atoms with Crippen molar-refractivity contribution in [3.05, 3.63) is 23.3 Å². The fourth-order valence-corrected chi connectivity index (χ4v) is 4.02. The topological polar surface area (TPSA) is 67.4 Å². The number of carbonyl (C=O) groups excluding carboxylic acids is 2. The lowest BCUT2D eigenvalue weighted by molar-refractivity contribution is -0.138. The highest BCUT2D eigenvalue weighted by Crippen LogP contribution is 2.59. The molecule has 140 valence electrons. The zero-order valence-corrected chi connectivity index (χ0v) is 14.2. The zero-order chi connectivity index (χ0) is 18.7. The third-order valence-electron chi connectivity index (χ3n) is 5.31.